The first-order chi connectivity index (χ1) is 6.75. The van der Waals surface area contributed by atoms with Crippen molar-refractivity contribution in [2.45, 2.75) is 19.9 Å². The van der Waals surface area contributed by atoms with Crippen molar-refractivity contribution in [3.8, 4) is 0 Å². The standard InChI is InChI=1S/C11H17N3/c1-9-7-11(3-4-12-9)14-6-5-13-10(2)8-14/h3-4,7,10,13H,5-6,8H2,1-2H3. The van der Waals surface area contributed by atoms with Gasteiger partial charge in [-0.05, 0) is 26.0 Å². The molecule has 3 heteroatoms. The summed E-state index contributed by atoms with van der Waals surface area (Å²) in [5.41, 5.74) is 2.39. The molecule has 0 aliphatic carbocycles. The number of aryl methyl sites for hydroxylation is 1. The van der Waals surface area contributed by atoms with E-state index in [4.69, 9.17) is 0 Å². The summed E-state index contributed by atoms with van der Waals surface area (Å²) in [6, 6.07) is 4.82. The van der Waals surface area contributed by atoms with Crippen LogP contribution >= 0.6 is 0 Å². The molecule has 1 aromatic rings. The van der Waals surface area contributed by atoms with Gasteiger partial charge in [-0.3, -0.25) is 4.98 Å². The van der Waals surface area contributed by atoms with Crippen LogP contribution in [-0.4, -0.2) is 30.7 Å². The molecule has 0 saturated carbocycles. The maximum absolute atomic E-state index is 4.21. The first-order valence-electron chi connectivity index (χ1n) is 5.17. The fourth-order valence-corrected chi connectivity index (χ4v) is 1.89. The second-order valence-electron chi connectivity index (χ2n) is 3.96. The number of nitrogens with one attached hydrogen (secondary N) is 1. The third-order valence-corrected chi connectivity index (χ3v) is 2.61. The van der Waals surface area contributed by atoms with Gasteiger partial charge < -0.3 is 10.2 Å². The Labute approximate surface area is 85.1 Å². The highest BCUT2D eigenvalue weighted by molar-refractivity contribution is 5.47. The number of rotatable bonds is 1. The van der Waals surface area contributed by atoms with E-state index in [1.54, 1.807) is 0 Å². The summed E-state index contributed by atoms with van der Waals surface area (Å²) in [7, 11) is 0. The summed E-state index contributed by atoms with van der Waals surface area (Å²) in [4.78, 5) is 6.62. The molecule has 1 N–H and O–H groups in total. The van der Waals surface area contributed by atoms with Gasteiger partial charge in [-0.15, -0.1) is 0 Å². The molecule has 2 rings (SSSR count). The number of pyridine rings is 1. The van der Waals surface area contributed by atoms with Crippen molar-refractivity contribution < 1.29 is 0 Å². The van der Waals surface area contributed by atoms with Crippen LogP contribution in [-0.2, 0) is 0 Å². The molecule has 0 aromatic carbocycles. The summed E-state index contributed by atoms with van der Waals surface area (Å²) in [5.74, 6) is 0. The molecule has 0 radical (unpaired) electrons. The van der Waals surface area contributed by atoms with Crippen LogP contribution < -0.4 is 10.2 Å². The lowest BCUT2D eigenvalue weighted by atomic mass is 10.2. The van der Waals surface area contributed by atoms with Crippen LogP contribution in [0.1, 0.15) is 12.6 Å². The number of piperazine rings is 1. The molecular weight excluding hydrogens is 174 g/mol. The summed E-state index contributed by atoms with van der Waals surface area (Å²) in [6.07, 6.45) is 1.89. The van der Waals surface area contributed by atoms with Crippen molar-refractivity contribution in [2.24, 2.45) is 0 Å². The quantitative estimate of drug-likeness (QED) is 0.722. The van der Waals surface area contributed by atoms with Gasteiger partial charge in [0, 0.05) is 43.3 Å². The number of anilines is 1. The van der Waals surface area contributed by atoms with E-state index in [9.17, 15) is 0 Å². The maximum atomic E-state index is 4.21. The normalized spacial score (nSPS) is 22.4. The predicted molar refractivity (Wildman–Crippen MR) is 58.7 cm³/mol. The number of nitrogens with zero attached hydrogens (tertiary/aromatic N) is 2. The Balaban J connectivity index is 2.14. The fraction of sp³-hybridized carbons (Fsp3) is 0.545. The van der Waals surface area contributed by atoms with E-state index in [0.29, 0.717) is 6.04 Å². The van der Waals surface area contributed by atoms with E-state index in [2.05, 4.69) is 34.3 Å². The van der Waals surface area contributed by atoms with Crippen molar-refractivity contribution in [3.63, 3.8) is 0 Å². The van der Waals surface area contributed by atoms with Crippen LogP contribution in [0.15, 0.2) is 18.3 Å². The molecule has 3 nitrogen and oxygen atoms in total. The van der Waals surface area contributed by atoms with Crippen molar-refractivity contribution >= 4 is 5.69 Å². The molecule has 1 unspecified atom stereocenters. The lowest BCUT2D eigenvalue weighted by molar-refractivity contribution is 0.484. The zero-order chi connectivity index (χ0) is 9.97. The average molecular weight is 191 g/mol. The van der Waals surface area contributed by atoms with Crippen molar-refractivity contribution in [2.75, 3.05) is 24.5 Å². The van der Waals surface area contributed by atoms with Gasteiger partial charge in [0.1, 0.15) is 0 Å². The van der Waals surface area contributed by atoms with Crippen LogP contribution in [0.3, 0.4) is 0 Å². The summed E-state index contributed by atoms with van der Waals surface area (Å²) >= 11 is 0. The first-order valence-corrected chi connectivity index (χ1v) is 5.17. The lowest BCUT2D eigenvalue weighted by Crippen LogP contribution is -2.49. The third kappa shape index (κ3) is 2.04. The minimum absolute atomic E-state index is 0.581. The van der Waals surface area contributed by atoms with Gasteiger partial charge in [-0.2, -0.15) is 0 Å². The highest BCUT2D eigenvalue weighted by atomic mass is 15.2. The number of hydrogen-bond donors (Lipinski definition) is 1. The molecule has 14 heavy (non-hydrogen) atoms. The van der Waals surface area contributed by atoms with E-state index >= 15 is 0 Å². The SMILES string of the molecule is Cc1cc(N2CCNC(C)C2)ccn1. The maximum Gasteiger partial charge on any atom is 0.0400 e. The molecule has 2 heterocycles. The van der Waals surface area contributed by atoms with E-state index in [0.717, 1.165) is 25.3 Å². The minimum atomic E-state index is 0.581. The van der Waals surface area contributed by atoms with Crippen molar-refractivity contribution in [1.29, 1.82) is 0 Å². The Bertz CT molecular complexity index is 311. The molecule has 1 fully saturated rings. The van der Waals surface area contributed by atoms with E-state index in [1.807, 2.05) is 13.1 Å². The lowest BCUT2D eigenvalue weighted by Gasteiger charge is -2.33. The first kappa shape index (κ1) is 9.46. The third-order valence-electron chi connectivity index (χ3n) is 2.61. The van der Waals surface area contributed by atoms with Crippen molar-refractivity contribution in [1.82, 2.24) is 10.3 Å². The van der Waals surface area contributed by atoms with Gasteiger partial charge >= 0.3 is 0 Å². The average Bonchev–Trinajstić information content (AvgIpc) is 2.18. The van der Waals surface area contributed by atoms with E-state index < -0.39 is 0 Å². The highest BCUT2D eigenvalue weighted by Crippen LogP contribution is 2.15. The molecule has 76 valence electrons. The molecule has 0 bridgehead atoms. The van der Waals surface area contributed by atoms with Crippen LogP contribution in [0.2, 0.25) is 0 Å². The molecule has 1 aromatic heterocycles. The van der Waals surface area contributed by atoms with Gasteiger partial charge in [0.15, 0.2) is 0 Å². The highest BCUT2D eigenvalue weighted by Gasteiger charge is 2.15. The number of hydrogen-bond acceptors (Lipinski definition) is 3. The van der Waals surface area contributed by atoms with Crippen LogP contribution in [0.25, 0.3) is 0 Å². The van der Waals surface area contributed by atoms with Crippen molar-refractivity contribution in [3.05, 3.63) is 24.0 Å². The van der Waals surface area contributed by atoms with E-state index in [-0.39, 0.29) is 0 Å². The Morgan fingerprint density at radius 1 is 1.57 bits per heavy atom. The summed E-state index contributed by atoms with van der Waals surface area (Å²) in [5, 5.41) is 3.44. The van der Waals surface area contributed by atoms with Gasteiger partial charge in [-0.1, -0.05) is 0 Å². The number of aromatic nitrogens is 1. The predicted octanol–water partition coefficient (Wildman–Crippen LogP) is 1.19. The molecule has 1 saturated heterocycles. The molecule has 1 aliphatic heterocycles. The summed E-state index contributed by atoms with van der Waals surface area (Å²) < 4.78 is 0. The Morgan fingerprint density at radius 2 is 2.43 bits per heavy atom. The Kier molecular flexibility index (Phi) is 2.68. The largest absolute Gasteiger partial charge is 0.369 e. The zero-order valence-electron chi connectivity index (χ0n) is 8.83. The van der Waals surface area contributed by atoms with Gasteiger partial charge in [0.25, 0.3) is 0 Å². The molecule has 0 spiro atoms. The van der Waals surface area contributed by atoms with Gasteiger partial charge in [-0.25, -0.2) is 0 Å². The van der Waals surface area contributed by atoms with Crippen LogP contribution in [0.5, 0.6) is 0 Å². The van der Waals surface area contributed by atoms with Crippen LogP contribution in [0, 0.1) is 6.92 Å². The van der Waals surface area contributed by atoms with Gasteiger partial charge in [0.05, 0.1) is 0 Å². The topological polar surface area (TPSA) is 28.2 Å². The van der Waals surface area contributed by atoms with E-state index in [1.165, 1.54) is 5.69 Å². The minimum Gasteiger partial charge on any atom is -0.369 e. The fourth-order valence-electron chi connectivity index (χ4n) is 1.89. The second kappa shape index (κ2) is 3.96. The smallest absolute Gasteiger partial charge is 0.0400 e. The molecular formula is C11H17N3. The van der Waals surface area contributed by atoms with Crippen LogP contribution in [0.4, 0.5) is 5.69 Å². The summed E-state index contributed by atoms with van der Waals surface area (Å²) in [6.45, 7) is 7.51. The Hall–Kier alpha value is -1.09. The monoisotopic (exact) mass is 191 g/mol. The second-order valence-corrected chi connectivity index (χ2v) is 3.96. The molecule has 1 atom stereocenters. The van der Waals surface area contributed by atoms with Gasteiger partial charge in [0.2, 0.25) is 0 Å². The molecule has 1 aliphatic rings. The molecule has 0 amide bonds. The zero-order valence-corrected chi connectivity index (χ0v) is 8.83. The Morgan fingerprint density at radius 3 is 3.14 bits per heavy atom.